The van der Waals surface area contributed by atoms with Crippen LogP contribution in [0.2, 0.25) is 5.02 Å². The second-order valence-corrected chi connectivity index (χ2v) is 11.3. The third-order valence-electron chi connectivity index (χ3n) is 4.80. The number of benzene rings is 2. The molecule has 0 aliphatic carbocycles. The maximum absolute atomic E-state index is 12.9. The number of carbonyl (C=O) groups is 1. The number of aliphatic carboxylic acids is 1. The van der Waals surface area contributed by atoms with Gasteiger partial charge in [0.2, 0.25) is 0 Å². The van der Waals surface area contributed by atoms with E-state index in [0.29, 0.717) is 5.02 Å². The maximum Gasteiger partial charge on any atom is 0.308 e. The van der Waals surface area contributed by atoms with Crippen molar-refractivity contribution < 1.29 is 18.3 Å². The molecule has 1 heterocycles. The number of carboxylic acids is 1. The van der Waals surface area contributed by atoms with Crippen molar-refractivity contribution in [1.82, 2.24) is 5.32 Å². The van der Waals surface area contributed by atoms with Crippen LogP contribution in [0.25, 0.3) is 11.1 Å². The Hall–Kier alpha value is -2.29. The van der Waals surface area contributed by atoms with Gasteiger partial charge in [0.15, 0.2) is 14.8 Å². The third-order valence-corrected chi connectivity index (χ3v) is 8.22. The highest BCUT2D eigenvalue weighted by Crippen LogP contribution is 2.30. The number of hydrogen-bond donors (Lipinski definition) is 2. The number of aliphatic imine (C=N–C) groups is 1. The fraction of sp³-hybridized carbons (Fsp3) is 0.273. The molecule has 2 unspecified atom stereocenters. The number of nitrogens with one attached hydrogen (secondary N) is 1. The Balaban J connectivity index is 1.71. The van der Waals surface area contributed by atoms with Crippen molar-refractivity contribution in [2.45, 2.75) is 23.7 Å². The van der Waals surface area contributed by atoms with E-state index in [2.05, 4.69) is 10.3 Å². The van der Waals surface area contributed by atoms with Crippen molar-refractivity contribution in [2.75, 3.05) is 11.5 Å². The average Bonchev–Trinajstić information content (AvgIpc) is 2.71. The first kappa shape index (κ1) is 23.4. The zero-order valence-electron chi connectivity index (χ0n) is 17.1. The van der Waals surface area contributed by atoms with Gasteiger partial charge < -0.3 is 10.4 Å². The molecule has 0 radical (unpaired) electrons. The monoisotopic (exact) mass is 478 g/mol. The van der Waals surface area contributed by atoms with E-state index in [4.69, 9.17) is 11.6 Å². The molecule has 6 nitrogen and oxygen atoms in total. The second-order valence-electron chi connectivity index (χ2n) is 7.39. The molecular formula is C22H23ClN2O4S2. The molecule has 0 saturated carbocycles. The number of carboxylic acid groups (broad SMARTS) is 1. The lowest BCUT2D eigenvalue weighted by atomic mass is 10.1. The van der Waals surface area contributed by atoms with Crippen LogP contribution in [0.1, 0.15) is 13.8 Å². The zero-order chi connectivity index (χ0) is 22.6. The summed E-state index contributed by atoms with van der Waals surface area (Å²) in [7, 11) is -3.78. The number of nitrogens with zero attached hydrogens (tertiary/aromatic N) is 1. The Morgan fingerprint density at radius 3 is 2.29 bits per heavy atom. The molecule has 2 atom stereocenters. The molecule has 0 aromatic heterocycles. The zero-order valence-corrected chi connectivity index (χ0v) is 19.5. The van der Waals surface area contributed by atoms with Gasteiger partial charge >= 0.3 is 5.97 Å². The summed E-state index contributed by atoms with van der Waals surface area (Å²) in [4.78, 5) is 15.5. The normalized spacial score (nSPS) is 19.4. The van der Waals surface area contributed by atoms with Crippen LogP contribution in [0.5, 0.6) is 0 Å². The molecule has 1 aliphatic heterocycles. The van der Waals surface area contributed by atoms with Gasteiger partial charge in [0, 0.05) is 22.7 Å². The minimum absolute atomic E-state index is 0.0975. The van der Waals surface area contributed by atoms with Crippen LogP contribution in [-0.2, 0) is 14.6 Å². The second kappa shape index (κ2) is 9.46. The van der Waals surface area contributed by atoms with Gasteiger partial charge in [0.1, 0.15) is 0 Å². The van der Waals surface area contributed by atoms with Crippen LogP contribution in [0.15, 0.2) is 70.2 Å². The quantitative estimate of drug-likeness (QED) is 0.581. The van der Waals surface area contributed by atoms with Crippen LogP contribution in [0, 0.1) is 5.92 Å². The fourth-order valence-corrected chi connectivity index (χ4v) is 6.08. The van der Waals surface area contributed by atoms with Gasteiger partial charge in [-0.3, -0.25) is 9.79 Å². The van der Waals surface area contributed by atoms with Crippen molar-refractivity contribution in [2.24, 2.45) is 10.9 Å². The number of allylic oxidation sites excluding steroid dienone is 2. The summed E-state index contributed by atoms with van der Waals surface area (Å²) in [5, 5.41) is 13.4. The average molecular weight is 479 g/mol. The highest BCUT2D eigenvalue weighted by Gasteiger charge is 2.31. The molecule has 2 aromatic carbocycles. The minimum Gasteiger partial charge on any atom is -0.481 e. The molecule has 0 fully saturated rings. The van der Waals surface area contributed by atoms with E-state index in [0.717, 1.165) is 16.8 Å². The molecule has 0 amide bonds. The molecule has 2 aromatic rings. The van der Waals surface area contributed by atoms with E-state index >= 15 is 0 Å². The summed E-state index contributed by atoms with van der Waals surface area (Å²) in [5.74, 6) is -2.59. The molecule has 3 rings (SSSR count). The van der Waals surface area contributed by atoms with Crippen molar-refractivity contribution in [3.8, 4) is 11.1 Å². The Bertz CT molecular complexity index is 1110. The van der Waals surface area contributed by atoms with Gasteiger partial charge in [-0.25, -0.2) is 8.42 Å². The highest BCUT2D eigenvalue weighted by atomic mass is 35.5. The summed E-state index contributed by atoms with van der Waals surface area (Å²) < 4.78 is 25.8. The molecule has 164 valence electrons. The summed E-state index contributed by atoms with van der Waals surface area (Å²) in [5.41, 5.74) is 2.66. The summed E-state index contributed by atoms with van der Waals surface area (Å²) in [6.07, 6.45) is 3.47. The first-order valence-electron chi connectivity index (χ1n) is 9.54. The summed E-state index contributed by atoms with van der Waals surface area (Å²) in [6, 6.07) is 13.7. The van der Waals surface area contributed by atoms with E-state index in [1.54, 1.807) is 30.5 Å². The lowest BCUT2D eigenvalue weighted by Gasteiger charge is -2.30. The van der Waals surface area contributed by atoms with Crippen LogP contribution < -0.4 is 5.32 Å². The summed E-state index contributed by atoms with van der Waals surface area (Å²) in [6.45, 7) is 3.71. The SMILES string of the molecule is CC1=CC=NC(C)(SCC(CS(=O)(=O)c2ccc(-c3ccc(Cl)cc3)cc2)C(=O)O)N1. The van der Waals surface area contributed by atoms with Crippen LogP contribution in [0.4, 0.5) is 0 Å². The Labute approximate surface area is 191 Å². The van der Waals surface area contributed by atoms with E-state index in [-0.39, 0.29) is 10.6 Å². The third kappa shape index (κ3) is 6.12. The van der Waals surface area contributed by atoms with E-state index < -0.39 is 32.5 Å². The van der Waals surface area contributed by atoms with Gasteiger partial charge in [-0.2, -0.15) is 0 Å². The first-order valence-corrected chi connectivity index (χ1v) is 12.6. The Morgan fingerprint density at radius 2 is 1.74 bits per heavy atom. The van der Waals surface area contributed by atoms with E-state index in [1.165, 1.54) is 23.9 Å². The minimum atomic E-state index is -3.78. The predicted molar refractivity (Wildman–Crippen MR) is 126 cm³/mol. The summed E-state index contributed by atoms with van der Waals surface area (Å²) >= 11 is 7.18. The number of hydrogen-bond acceptors (Lipinski definition) is 6. The smallest absolute Gasteiger partial charge is 0.308 e. The number of halogens is 1. The number of sulfone groups is 1. The van der Waals surface area contributed by atoms with Gasteiger partial charge in [0.05, 0.1) is 16.6 Å². The molecule has 31 heavy (non-hydrogen) atoms. The lowest BCUT2D eigenvalue weighted by Crippen LogP contribution is -2.39. The van der Waals surface area contributed by atoms with Crippen molar-refractivity contribution in [1.29, 1.82) is 0 Å². The highest BCUT2D eigenvalue weighted by molar-refractivity contribution is 8.00. The molecule has 0 bridgehead atoms. The van der Waals surface area contributed by atoms with Gasteiger partial charge in [0.25, 0.3) is 0 Å². The van der Waals surface area contributed by atoms with Crippen LogP contribution in [0.3, 0.4) is 0 Å². The van der Waals surface area contributed by atoms with Gasteiger partial charge in [-0.15, -0.1) is 11.8 Å². The molecule has 2 N–H and O–H groups in total. The molecule has 0 spiro atoms. The number of rotatable bonds is 8. The topological polar surface area (TPSA) is 95.8 Å². The van der Waals surface area contributed by atoms with E-state index in [9.17, 15) is 18.3 Å². The van der Waals surface area contributed by atoms with Crippen LogP contribution in [-0.4, -0.2) is 42.2 Å². The molecule has 0 saturated heterocycles. The Kier molecular flexibility index (Phi) is 7.13. The van der Waals surface area contributed by atoms with Gasteiger partial charge in [-0.05, 0) is 55.3 Å². The number of thioether (sulfide) groups is 1. The largest absolute Gasteiger partial charge is 0.481 e. The van der Waals surface area contributed by atoms with Crippen molar-refractivity contribution in [3.63, 3.8) is 0 Å². The molecular weight excluding hydrogens is 456 g/mol. The van der Waals surface area contributed by atoms with Crippen LogP contribution >= 0.6 is 23.4 Å². The van der Waals surface area contributed by atoms with E-state index in [1.807, 2.05) is 32.1 Å². The van der Waals surface area contributed by atoms with Crippen molar-refractivity contribution in [3.05, 3.63) is 65.3 Å². The standard InChI is InChI=1S/C22H23ClN2O4S2/c1-15-11-12-24-22(2,25-15)30-13-18(21(26)27)14-31(28,29)20-9-5-17(6-10-20)16-3-7-19(23)8-4-16/h3-12,18,25H,13-14H2,1-2H3,(H,26,27). The van der Waals surface area contributed by atoms with Gasteiger partial charge in [-0.1, -0.05) is 35.9 Å². The molecule has 1 aliphatic rings. The van der Waals surface area contributed by atoms with Crippen molar-refractivity contribution >= 4 is 45.4 Å². The fourth-order valence-electron chi connectivity index (χ4n) is 3.12. The predicted octanol–water partition coefficient (Wildman–Crippen LogP) is 4.47. The first-order chi connectivity index (χ1) is 14.6. The Morgan fingerprint density at radius 1 is 1.16 bits per heavy atom. The maximum atomic E-state index is 12.9. The molecule has 9 heteroatoms. The lowest BCUT2D eigenvalue weighted by molar-refractivity contribution is -0.140.